The van der Waals surface area contributed by atoms with Crippen LogP contribution in [0.3, 0.4) is 0 Å². The van der Waals surface area contributed by atoms with Gasteiger partial charge in [0.15, 0.2) is 0 Å². The van der Waals surface area contributed by atoms with Crippen molar-refractivity contribution >= 4 is 23.7 Å². The summed E-state index contributed by atoms with van der Waals surface area (Å²) in [6, 6.07) is 17.8. The van der Waals surface area contributed by atoms with Gasteiger partial charge in [0.05, 0.1) is 5.56 Å². The molecule has 1 aliphatic rings. The molecule has 0 radical (unpaired) electrons. The zero-order valence-electron chi connectivity index (χ0n) is 18.5. The summed E-state index contributed by atoms with van der Waals surface area (Å²) in [5.74, 6) is -0.944. The van der Waals surface area contributed by atoms with Gasteiger partial charge in [-0.3, -0.25) is 4.79 Å². The minimum atomic E-state index is -1.48. The van der Waals surface area contributed by atoms with E-state index in [9.17, 15) is 18.8 Å². The number of fused-ring (bicyclic) bond motifs is 3. The molecule has 0 saturated carbocycles. The van der Waals surface area contributed by atoms with Gasteiger partial charge in [-0.2, -0.15) is 0 Å². The maximum absolute atomic E-state index is 13.6. The number of carbonyl (C=O) groups excluding carboxylic acids is 2. The van der Waals surface area contributed by atoms with E-state index in [2.05, 4.69) is 16.6 Å². The Morgan fingerprint density at radius 2 is 1.66 bits per heavy atom. The molecule has 3 aromatic carbocycles. The summed E-state index contributed by atoms with van der Waals surface area (Å²) in [5, 5.41) is 14.0. The van der Waals surface area contributed by atoms with Gasteiger partial charge in [-0.05, 0) is 40.5 Å². The van der Waals surface area contributed by atoms with E-state index in [1.165, 1.54) is 6.07 Å². The van der Waals surface area contributed by atoms with E-state index in [1.807, 2.05) is 48.5 Å². The number of terminal acetylenes is 1. The van der Waals surface area contributed by atoms with Crippen LogP contribution in [-0.4, -0.2) is 35.7 Å². The Hall–Kier alpha value is -4.64. The molecule has 176 valence electrons. The Morgan fingerprint density at radius 1 is 1.03 bits per heavy atom. The predicted molar refractivity (Wildman–Crippen MR) is 127 cm³/mol. The van der Waals surface area contributed by atoms with Crippen molar-refractivity contribution in [3.05, 3.63) is 89.2 Å². The first-order valence-electron chi connectivity index (χ1n) is 10.8. The molecule has 0 saturated heterocycles. The van der Waals surface area contributed by atoms with E-state index in [-0.39, 0.29) is 24.6 Å². The molecule has 35 heavy (non-hydrogen) atoms. The molecule has 0 aromatic heterocycles. The summed E-state index contributed by atoms with van der Waals surface area (Å²) in [5.41, 5.74) is 3.71. The number of rotatable bonds is 7. The Morgan fingerprint density at radius 3 is 2.26 bits per heavy atom. The van der Waals surface area contributed by atoms with Gasteiger partial charge in [-0.25, -0.2) is 14.0 Å². The first-order chi connectivity index (χ1) is 16.9. The summed E-state index contributed by atoms with van der Waals surface area (Å²) in [4.78, 5) is 36.3. The van der Waals surface area contributed by atoms with E-state index < -0.39 is 35.4 Å². The van der Waals surface area contributed by atoms with Gasteiger partial charge in [0.2, 0.25) is 5.91 Å². The molecule has 1 atom stereocenters. The number of hydrogen-bond acceptors (Lipinski definition) is 4. The van der Waals surface area contributed by atoms with Crippen LogP contribution in [0.15, 0.2) is 66.7 Å². The standard InChI is InChI=1S/C27H21FN2O5/c1-2-7-24(25(31)29-16-12-13-23(28)21(14-16)26(32)33)30-27(34)35-15-22-19-10-5-3-8-17(19)18-9-4-6-11-20(18)22/h1,3-6,8-14,22,24H,7,15H2,(H,29,31)(H,30,34)(H,32,33). The molecule has 7 nitrogen and oxygen atoms in total. The van der Waals surface area contributed by atoms with Crippen LogP contribution in [0.4, 0.5) is 14.9 Å². The SMILES string of the molecule is C#CCC(NC(=O)OCC1c2ccccc2-c2ccccc21)C(=O)Nc1ccc(F)c(C(=O)O)c1. The molecule has 2 amide bonds. The number of anilines is 1. The number of nitrogens with one attached hydrogen (secondary N) is 2. The summed E-state index contributed by atoms with van der Waals surface area (Å²) in [6.45, 7) is 0.0597. The monoisotopic (exact) mass is 472 g/mol. The van der Waals surface area contributed by atoms with Crippen molar-refractivity contribution in [1.29, 1.82) is 0 Å². The number of carboxylic acid groups (broad SMARTS) is 1. The van der Waals surface area contributed by atoms with Crippen LogP contribution in [0.25, 0.3) is 11.1 Å². The summed E-state index contributed by atoms with van der Waals surface area (Å²) in [7, 11) is 0. The highest BCUT2D eigenvalue weighted by Gasteiger charge is 2.29. The van der Waals surface area contributed by atoms with E-state index in [4.69, 9.17) is 16.3 Å². The third kappa shape index (κ3) is 4.99. The van der Waals surface area contributed by atoms with Crippen molar-refractivity contribution in [3.63, 3.8) is 0 Å². The number of amides is 2. The highest BCUT2D eigenvalue weighted by molar-refractivity contribution is 5.98. The number of carboxylic acids is 1. The van der Waals surface area contributed by atoms with Crippen molar-refractivity contribution in [3.8, 4) is 23.5 Å². The van der Waals surface area contributed by atoms with Crippen molar-refractivity contribution in [1.82, 2.24) is 5.32 Å². The lowest BCUT2D eigenvalue weighted by Crippen LogP contribution is -2.44. The lowest BCUT2D eigenvalue weighted by atomic mass is 9.98. The molecule has 1 unspecified atom stereocenters. The van der Waals surface area contributed by atoms with Gasteiger partial charge in [0, 0.05) is 18.0 Å². The molecule has 0 bridgehead atoms. The van der Waals surface area contributed by atoms with Gasteiger partial charge in [-0.15, -0.1) is 12.3 Å². The Labute approximate surface area is 200 Å². The van der Waals surface area contributed by atoms with Gasteiger partial charge < -0.3 is 20.5 Å². The molecule has 0 heterocycles. The highest BCUT2D eigenvalue weighted by atomic mass is 19.1. The third-order valence-corrected chi connectivity index (χ3v) is 5.74. The maximum atomic E-state index is 13.6. The number of benzene rings is 3. The normalized spacial score (nSPS) is 12.6. The lowest BCUT2D eigenvalue weighted by molar-refractivity contribution is -0.118. The van der Waals surface area contributed by atoms with E-state index in [1.54, 1.807) is 0 Å². The number of aromatic carboxylic acids is 1. The van der Waals surface area contributed by atoms with E-state index in [0.29, 0.717) is 0 Å². The van der Waals surface area contributed by atoms with Crippen molar-refractivity contribution < 1.29 is 28.6 Å². The Bertz CT molecular complexity index is 1300. The predicted octanol–water partition coefficient (Wildman–Crippen LogP) is 4.39. The van der Waals surface area contributed by atoms with Crippen LogP contribution in [-0.2, 0) is 9.53 Å². The van der Waals surface area contributed by atoms with Gasteiger partial charge in [0.25, 0.3) is 0 Å². The average Bonchev–Trinajstić information content (AvgIpc) is 3.17. The molecular formula is C27H21FN2O5. The molecular weight excluding hydrogens is 451 g/mol. The minimum Gasteiger partial charge on any atom is -0.478 e. The second-order valence-corrected chi connectivity index (χ2v) is 7.92. The van der Waals surface area contributed by atoms with Crippen molar-refractivity contribution in [2.24, 2.45) is 0 Å². The first-order valence-corrected chi connectivity index (χ1v) is 10.8. The number of halogens is 1. The molecule has 0 aliphatic heterocycles. The van der Waals surface area contributed by atoms with Crippen LogP contribution >= 0.6 is 0 Å². The van der Waals surface area contributed by atoms with Crippen molar-refractivity contribution in [2.75, 3.05) is 11.9 Å². The van der Waals surface area contributed by atoms with Gasteiger partial charge in [-0.1, -0.05) is 48.5 Å². The first kappa shape index (κ1) is 23.5. The number of alkyl carbamates (subject to hydrolysis) is 1. The molecule has 3 aromatic rings. The second kappa shape index (κ2) is 10.1. The highest BCUT2D eigenvalue weighted by Crippen LogP contribution is 2.44. The number of carbonyl (C=O) groups is 3. The van der Waals surface area contributed by atoms with E-state index in [0.717, 1.165) is 34.4 Å². The summed E-state index contributed by atoms with van der Waals surface area (Å²) in [6.07, 6.45) is 4.39. The van der Waals surface area contributed by atoms with Crippen LogP contribution < -0.4 is 10.6 Å². The zero-order valence-corrected chi connectivity index (χ0v) is 18.5. The van der Waals surface area contributed by atoms with Crippen LogP contribution in [0.2, 0.25) is 0 Å². The number of hydrogen-bond donors (Lipinski definition) is 3. The fourth-order valence-electron chi connectivity index (χ4n) is 4.11. The topological polar surface area (TPSA) is 105 Å². The molecule has 0 fully saturated rings. The van der Waals surface area contributed by atoms with Gasteiger partial charge >= 0.3 is 12.1 Å². The Balaban J connectivity index is 1.42. The fourth-order valence-corrected chi connectivity index (χ4v) is 4.11. The second-order valence-electron chi connectivity index (χ2n) is 7.92. The molecule has 1 aliphatic carbocycles. The zero-order chi connectivity index (χ0) is 24.9. The van der Waals surface area contributed by atoms with Crippen LogP contribution in [0.1, 0.15) is 33.8 Å². The summed E-state index contributed by atoms with van der Waals surface area (Å²) < 4.78 is 19.1. The quantitative estimate of drug-likeness (QED) is 0.443. The molecule has 0 spiro atoms. The largest absolute Gasteiger partial charge is 0.478 e. The minimum absolute atomic E-state index is 0.0464. The van der Waals surface area contributed by atoms with Gasteiger partial charge in [0.1, 0.15) is 18.5 Å². The maximum Gasteiger partial charge on any atom is 0.407 e. The number of ether oxygens (including phenoxy) is 1. The average molecular weight is 472 g/mol. The smallest absolute Gasteiger partial charge is 0.407 e. The molecule has 8 heteroatoms. The fraction of sp³-hybridized carbons (Fsp3) is 0.148. The molecule has 4 rings (SSSR count). The Kier molecular flexibility index (Phi) is 6.78. The molecule has 3 N–H and O–H groups in total. The van der Waals surface area contributed by atoms with Crippen LogP contribution in [0, 0.1) is 18.2 Å². The van der Waals surface area contributed by atoms with Crippen LogP contribution in [0.5, 0.6) is 0 Å². The third-order valence-electron chi connectivity index (χ3n) is 5.74. The lowest BCUT2D eigenvalue weighted by Gasteiger charge is -2.18. The van der Waals surface area contributed by atoms with Crippen molar-refractivity contribution in [2.45, 2.75) is 18.4 Å². The summed E-state index contributed by atoms with van der Waals surface area (Å²) >= 11 is 0. The van der Waals surface area contributed by atoms with E-state index >= 15 is 0 Å².